The number of nitriles is 1. The number of aryl methyl sites for hydroxylation is 1. The molecule has 12 rings (SSSR count). The average Bonchev–Trinajstić information content (AvgIpc) is 4.23. The lowest BCUT2D eigenvalue weighted by Gasteiger charge is -2.25. The van der Waals surface area contributed by atoms with Crippen LogP contribution in [0.2, 0.25) is 0 Å². The molecule has 2 aliphatic rings. The first-order chi connectivity index (χ1) is 38.9. The maximum atomic E-state index is 15.5. The normalized spacial score (nSPS) is 13.2. The first-order valence-electron chi connectivity index (χ1n) is 25.0. The van der Waals surface area contributed by atoms with Crippen LogP contribution in [0.4, 0.5) is 31.7 Å². The van der Waals surface area contributed by atoms with Crippen LogP contribution in [0, 0.1) is 36.8 Å². The SMILES string of the molecule is C=CC(=O)N1CC=C(c2ccc3ncc(C#N)c(Nc4ccc(Oc5ccn6ncnc6c5)c(C)c4)c3n2)CC1.C=CC(=O)N1CC=C(c2ccc3ncnc(Nc4c(F)cc(Oc5ccn6ncnc6c5)c(C)c4F)c3n2)CC1. The number of pyridine rings is 5. The number of hydrogen-bond acceptors (Lipinski definition) is 16. The van der Waals surface area contributed by atoms with Gasteiger partial charge in [0.15, 0.2) is 28.7 Å². The topological polar surface area (TPSA) is 232 Å². The molecule has 2 amide bonds. The van der Waals surface area contributed by atoms with Crippen LogP contribution in [0.3, 0.4) is 0 Å². The van der Waals surface area contributed by atoms with Gasteiger partial charge in [-0.1, -0.05) is 25.3 Å². The number of amides is 2. The lowest BCUT2D eigenvalue weighted by molar-refractivity contribution is -0.126. The maximum Gasteiger partial charge on any atom is 0.246 e. The summed E-state index contributed by atoms with van der Waals surface area (Å²) in [5.74, 6) is -0.0378. The van der Waals surface area contributed by atoms with Crippen molar-refractivity contribution in [1.29, 1.82) is 5.26 Å². The van der Waals surface area contributed by atoms with Gasteiger partial charge >= 0.3 is 0 Å². The van der Waals surface area contributed by atoms with E-state index in [1.165, 1.54) is 38.1 Å². The number of nitrogens with zero attached hydrogens (tertiary/aromatic N) is 14. The molecule has 2 N–H and O–H groups in total. The molecule has 22 heteroatoms. The van der Waals surface area contributed by atoms with Gasteiger partial charge < -0.3 is 29.9 Å². The molecule has 8 aromatic heterocycles. The van der Waals surface area contributed by atoms with Crippen molar-refractivity contribution >= 4 is 79.2 Å². The summed E-state index contributed by atoms with van der Waals surface area (Å²) in [6, 6.07) is 23.4. The minimum absolute atomic E-state index is 0.0191. The summed E-state index contributed by atoms with van der Waals surface area (Å²) in [6.45, 7) is 12.6. The van der Waals surface area contributed by atoms with E-state index in [1.54, 1.807) is 55.6 Å². The summed E-state index contributed by atoms with van der Waals surface area (Å²) in [6.07, 6.45) is 17.0. The Morgan fingerprint density at radius 1 is 0.675 bits per heavy atom. The standard InChI is InChI=1S/C30H24N8O2.C28H22F2N8O2/c1-3-28(39)37-11-8-20(9-12-37)24-5-6-25-30(36-24)29(21(16-31)17-32-25)35-22-4-7-26(19(2)14-22)40-23-10-13-38-27(15-23)33-18-34-38;1-3-24(39)37-9-6-17(7-10-37)20-4-5-21-27(35-20)28(33-14-31-21)36-26-19(29)13-22(16(2)25(26)30)40-18-8-11-38-23(12-18)32-15-34-38/h3-8,10,13-15,17-18H,1,9,11-12H2,2H3,(H,32,35);3-6,8,11-15H,1,7,9-10H2,2H3,(H,31,33,36). The summed E-state index contributed by atoms with van der Waals surface area (Å²) in [4.78, 5) is 58.1. The van der Waals surface area contributed by atoms with E-state index in [0.29, 0.717) is 107 Å². The number of hydrogen-bond donors (Lipinski definition) is 2. The molecule has 0 atom stereocenters. The maximum absolute atomic E-state index is 15.5. The molecular formula is C58H46F2N16O4. The van der Waals surface area contributed by atoms with Crippen molar-refractivity contribution in [3.05, 3.63) is 188 Å². The van der Waals surface area contributed by atoms with Crippen molar-refractivity contribution in [2.75, 3.05) is 36.8 Å². The number of ether oxygens (including phenoxy) is 2. The van der Waals surface area contributed by atoms with Gasteiger partial charge in [0.05, 0.1) is 33.7 Å². The molecule has 0 bridgehead atoms. The molecule has 2 aromatic carbocycles. The highest BCUT2D eigenvalue weighted by Crippen LogP contribution is 2.37. The van der Waals surface area contributed by atoms with Gasteiger partial charge in [-0.05, 0) is 110 Å². The number of aromatic nitrogens is 11. The molecule has 0 aliphatic carbocycles. The fraction of sp³-hybridized carbons (Fsp3) is 0.138. The van der Waals surface area contributed by atoms with Gasteiger partial charge in [0.25, 0.3) is 0 Å². The molecule has 20 nitrogen and oxygen atoms in total. The van der Waals surface area contributed by atoms with Gasteiger partial charge in [-0.25, -0.2) is 47.7 Å². The van der Waals surface area contributed by atoms with Crippen molar-refractivity contribution in [2.45, 2.75) is 26.7 Å². The fourth-order valence-electron chi connectivity index (χ4n) is 9.12. The molecule has 10 heterocycles. The second-order valence-corrected chi connectivity index (χ2v) is 18.4. The molecule has 10 aromatic rings. The second-order valence-electron chi connectivity index (χ2n) is 18.4. The number of fused-ring (bicyclic) bond motifs is 4. The number of carbonyl (C=O) groups excluding carboxylic acids is 2. The van der Waals surface area contributed by atoms with Crippen molar-refractivity contribution in [3.8, 4) is 29.1 Å². The Morgan fingerprint density at radius 3 is 1.85 bits per heavy atom. The highest BCUT2D eigenvalue weighted by molar-refractivity contribution is 5.94. The van der Waals surface area contributed by atoms with E-state index < -0.39 is 11.6 Å². The van der Waals surface area contributed by atoms with Gasteiger partial charge in [0, 0.05) is 74.2 Å². The average molecular weight is 1070 g/mol. The molecule has 80 heavy (non-hydrogen) atoms. The molecule has 0 unspecified atom stereocenters. The Labute approximate surface area is 454 Å². The minimum Gasteiger partial charge on any atom is -0.457 e. The van der Waals surface area contributed by atoms with Crippen LogP contribution in [0.15, 0.2) is 148 Å². The van der Waals surface area contributed by atoms with E-state index in [-0.39, 0.29) is 34.6 Å². The van der Waals surface area contributed by atoms with Crippen molar-refractivity contribution < 1.29 is 27.8 Å². The molecule has 0 spiro atoms. The van der Waals surface area contributed by atoms with Crippen LogP contribution in [-0.4, -0.2) is 102 Å². The number of benzene rings is 2. The molecule has 0 saturated carbocycles. The molecule has 0 saturated heterocycles. The van der Waals surface area contributed by atoms with E-state index in [4.69, 9.17) is 19.4 Å². The Balaban J connectivity index is 0.000000169. The Bertz CT molecular complexity index is 4240. The van der Waals surface area contributed by atoms with E-state index in [9.17, 15) is 14.9 Å². The second kappa shape index (κ2) is 22.0. The third-order valence-electron chi connectivity index (χ3n) is 13.4. The Hall–Kier alpha value is -10.8. The van der Waals surface area contributed by atoms with E-state index >= 15 is 8.78 Å². The number of rotatable bonds is 12. The quantitative estimate of drug-likeness (QED) is 0.108. The van der Waals surface area contributed by atoms with Crippen LogP contribution in [0.25, 0.3) is 44.5 Å². The Morgan fingerprint density at radius 2 is 1.27 bits per heavy atom. The predicted octanol–water partition coefficient (Wildman–Crippen LogP) is 10.2. The van der Waals surface area contributed by atoms with Gasteiger partial charge in [0.2, 0.25) is 11.8 Å². The van der Waals surface area contributed by atoms with Crippen LogP contribution >= 0.6 is 0 Å². The predicted molar refractivity (Wildman–Crippen MR) is 295 cm³/mol. The number of anilines is 4. The zero-order valence-electron chi connectivity index (χ0n) is 43.0. The number of halogens is 2. The minimum atomic E-state index is -0.869. The first kappa shape index (κ1) is 51.3. The lowest BCUT2D eigenvalue weighted by Crippen LogP contribution is -2.33. The zero-order valence-corrected chi connectivity index (χ0v) is 43.0. The molecule has 0 radical (unpaired) electrons. The summed E-state index contributed by atoms with van der Waals surface area (Å²) in [5, 5.41) is 24.1. The van der Waals surface area contributed by atoms with E-state index in [1.807, 2.05) is 67.6 Å². The molecule has 0 fully saturated rings. The summed E-state index contributed by atoms with van der Waals surface area (Å²) < 4.78 is 45.8. The molecular weight excluding hydrogens is 1020 g/mol. The van der Waals surface area contributed by atoms with Crippen LogP contribution in [0.5, 0.6) is 23.0 Å². The first-order valence-corrected chi connectivity index (χ1v) is 25.0. The van der Waals surface area contributed by atoms with E-state index in [2.05, 4.69) is 65.0 Å². The van der Waals surface area contributed by atoms with Crippen molar-refractivity contribution in [2.24, 2.45) is 0 Å². The van der Waals surface area contributed by atoms with Crippen LogP contribution in [-0.2, 0) is 9.59 Å². The van der Waals surface area contributed by atoms with E-state index in [0.717, 1.165) is 34.2 Å². The lowest BCUT2D eigenvalue weighted by atomic mass is 10.0. The summed E-state index contributed by atoms with van der Waals surface area (Å²) >= 11 is 0. The van der Waals surface area contributed by atoms with Crippen molar-refractivity contribution in [1.82, 2.24) is 63.9 Å². The van der Waals surface area contributed by atoms with Gasteiger partial charge in [0.1, 0.15) is 64.8 Å². The Kier molecular flexibility index (Phi) is 14.1. The van der Waals surface area contributed by atoms with Crippen molar-refractivity contribution in [3.63, 3.8) is 0 Å². The van der Waals surface area contributed by atoms with Gasteiger partial charge in [-0.15, -0.1) is 0 Å². The third-order valence-corrected chi connectivity index (χ3v) is 13.4. The van der Waals surface area contributed by atoms with Gasteiger partial charge in [-0.3, -0.25) is 14.6 Å². The molecule has 396 valence electrons. The summed E-state index contributed by atoms with van der Waals surface area (Å²) in [5.41, 5.74) is 9.17. The monoisotopic (exact) mass is 1070 g/mol. The highest BCUT2D eigenvalue weighted by atomic mass is 19.1. The summed E-state index contributed by atoms with van der Waals surface area (Å²) in [7, 11) is 0. The smallest absolute Gasteiger partial charge is 0.246 e. The highest BCUT2D eigenvalue weighted by Gasteiger charge is 2.23. The third kappa shape index (κ3) is 10.5. The fourth-order valence-corrected chi connectivity index (χ4v) is 9.12. The van der Waals surface area contributed by atoms with Crippen LogP contribution in [0.1, 0.15) is 40.9 Å². The number of carbonyl (C=O) groups is 2. The largest absolute Gasteiger partial charge is 0.457 e. The molecule has 2 aliphatic heterocycles. The van der Waals surface area contributed by atoms with Gasteiger partial charge in [-0.2, -0.15) is 15.5 Å². The van der Waals surface area contributed by atoms with Crippen LogP contribution < -0.4 is 20.1 Å². The zero-order chi connectivity index (χ0) is 55.4. The number of nitrogens with one attached hydrogen (secondary N) is 2.